The van der Waals surface area contributed by atoms with Crippen molar-refractivity contribution in [1.82, 2.24) is 14.3 Å². The molecule has 30 heavy (non-hydrogen) atoms. The lowest BCUT2D eigenvalue weighted by Crippen LogP contribution is -2.40. The van der Waals surface area contributed by atoms with Crippen LogP contribution in [0.2, 0.25) is 0 Å². The molecule has 12 heteroatoms. The average Bonchev–Trinajstić information content (AvgIpc) is 3.02. The molecule has 3 heterocycles. The Bertz CT molecular complexity index is 1070. The SMILES string of the molecule is CCOC(=O)c1c(C)oc2nc(COC(=O)C3CCN(S(C)(=O)=O)CC3)nc(N)c12. The zero-order chi connectivity index (χ0) is 22.1. The van der Waals surface area contributed by atoms with Crippen LogP contribution in [-0.4, -0.2) is 60.6 Å². The first-order valence-corrected chi connectivity index (χ1v) is 11.3. The van der Waals surface area contributed by atoms with Crippen molar-refractivity contribution in [3.63, 3.8) is 0 Å². The molecule has 0 amide bonds. The van der Waals surface area contributed by atoms with Crippen LogP contribution in [0.1, 0.15) is 41.7 Å². The van der Waals surface area contributed by atoms with E-state index in [-0.39, 0.29) is 54.6 Å². The summed E-state index contributed by atoms with van der Waals surface area (Å²) in [7, 11) is -3.26. The van der Waals surface area contributed by atoms with Crippen molar-refractivity contribution in [3.05, 3.63) is 17.1 Å². The minimum absolute atomic E-state index is 0.0208. The van der Waals surface area contributed by atoms with Crippen LogP contribution in [0.4, 0.5) is 5.82 Å². The molecule has 0 unspecified atom stereocenters. The first-order chi connectivity index (χ1) is 14.1. The fraction of sp³-hybridized carbons (Fsp3) is 0.556. The van der Waals surface area contributed by atoms with Crippen LogP contribution in [0.25, 0.3) is 11.1 Å². The molecule has 0 aliphatic carbocycles. The Morgan fingerprint density at radius 2 is 1.90 bits per heavy atom. The molecule has 0 bridgehead atoms. The summed E-state index contributed by atoms with van der Waals surface area (Å²) in [6, 6.07) is 0. The second-order valence-corrected chi connectivity index (χ2v) is 8.99. The van der Waals surface area contributed by atoms with Gasteiger partial charge in [0.2, 0.25) is 15.7 Å². The van der Waals surface area contributed by atoms with Crippen molar-refractivity contribution in [2.45, 2.75) is 33.3 Å². The van der Waals surface area contributed by atoms with Crippen LogP contribution >= 0.6 is 0 Å². The first-order valence-electron chi connectivity index (χ1n) is 9.46. The van der Waals surface area contributed by atoms with E-state index in [9.17, 15) is 18.0 Å². The summed E-state index contributed by atoms with van der Waals surface area (Å²) in [5, 5.41) is 0.258. The third-order valence-corrected chi connectivity index (χ3v) is 6.18. The van der Waals surface area contributed by atoms with Gasteiger partial charge in [0.15, 0.2) is 12.4 Å². The molecule has 0 atom stereocenters. The number of carbonyl (C=O) groups excluding carboxylic acids is 2. The summed E-state index contributed by atoms with van der Waals surface area (Å²) >= 11 is 0. The molecule has 1 fully saturated rings. The van der Waals surface area contributed by atoms with Crippen molar-refractivity contribution in [3.8, 4) is 0 Å². The highest BCUT2D eigenvalue weighted by atomic mass is 32.2. The molecule has 0 saturated carbocycles. The number of fused-ring (bicyclic) bond motifs is 1. The number of nitrogens with zero attached hydrogens (tertiary/aromatic N) is 3. The van der Waals surface area contributed by atoms with E-state index in [0.717, 1.165) is 6.26 Å². The maximum absolute atomic E-state index is 12.3. The van der Waals surface area contributed by atoms with Gasteiger partial charge in [-0.25, -0.2) is 22.5 Å². The molecule has 1 aliphatic rings. The van der Waals surface area contributed by atoms with Crippen molar-refractivity contribution in [1.29, 1.82) is 0 Å². The van der Waals surface area contributed by atoms with Gasteiger partial charge in [0.1, 0.15) is 17.1 Å². The molecule has 11 nitrogen and oxygen atoms in total. The van der Waals surface area contributed by atoms with Crippen molar-refractivity contribution in [2.24, 2.45) is 5.92 Å². The summed E-state index contributed by atoms with van der Waals surface area (Å²) in [4.78, 5) is 32.8. The van der Waals surface area contributed by atoms with Crippen molar-refractivity contribution in [2.75, 3.05) is 31.7 Å². The minimum Gasteiger partial charge on any atom is -0.462 e. The second kappa shape index (κ2) is 8.56. The Morgan fingerprint density at radius 3 is 2.50 bits per heavy atom. The number of piperidine rings is 1. The molecule has 2 aromatic rings. The Balaban J connectivity index is 1.68. The predicted octanol–water partition coefficient (Wildman–Crippen LogP) is 1.00. The smallest absolute Gasteiger partial charge is 0.342 e. The number of hydrogen-bond acceptors (Lipinski definition) is 10. The Labute approximate surface area is 173 Å². The van der Waals surface area contributed by atoms with E-state index in [0.29, 0.717) is 18.6 Å². The number of furan rings is 1. The molecule has 1 aliphatic heterocycles. The molecule has 1 saturated heterocycles. The number of nitrogen functional groups attached to an aromatic ring is 1. The normalized spacial score (nSPS) is 16.0. The molecule has 164 valence electrons. The third kappa shape index (κ3) is 4.54. The van der Waals surface area contributed by atoms with Crippen molar-refractivity contribution < 1.29 is 31.9 Å². The largest absolute Gasteiger partial charge is 0.462 e. The minimum atomic E-state index is -3.26. The molecular formula is C18H24N4O7S. The molecular weight excluding hydrogens is 416 g/mol. The lowest BCUT2D eigenvalue weighted by atomic mass is 9.98. The van der Waals surface area contributed by atoms with E-state index in [1.807, 2.05) is 0 Å². The highest BCUT2D eigenvalue weighted by molar-refractivity contribution is 7.88. The quantitative estimate of drug-likeness (QED) is 0.643. The van der Waals surface area contributed by atoms with Crippen LogP contribution in [0.3, 0.4) is 0 Å². The van der Waals surface area contributed by atoms with Crippen LogP contribution in [0, 0.1) is 12.8 Å². The monoisotopic (exact) mass is 440 g/mol. The van der Waals surface area contributed by atoms with Gasteiger partial charge in [0.25, 0.3) is 0 Å². The maximum atomic E-state index is 12.3. The summed E-state index contributed by atoms with van der Waals surface area (Å²) in [6.45, 7) is 3.80. The molecule has 2 aromatic heterocycles. The number of aromatic nitrogens is 2. The van der Waals surface area contributed by atoms with Gasteiger partial charge < -0.3 is 19.6 Å². The first kappa shape index (κ1) is 22.0. The lowest BCUT2D eigenvalue weighted by molar-refractivity contribution is -0.151. The number of sulfonamides is 1. The zero-order valence-electron chi connectivity index (χ0n) is 17.0. The summed E-state index contributed by atoms with van der Waals surface area (Å²) in [5.41, 5.74) is 6.27. The average molecular weight is 440 g/mol. The number of esters is 2. The number of hydrogen-bond donors (Lipinski definition) is 1. The second-order valence-electron chi connectivity index (χ2n) is 7.00. The van der Waals surface area contributed by atoms with Crippen LogP contribution < -0.4 is 5.73 Å². The topological polar surface area (TPSA) is 155 Å². The van der Waals surface area contributed by atoms with Gasteiger partial charge >= 0.3 is 11.9 Å². The standard InChI is InChI=1S/C18H24N4O7S/c1-4-27-18(24)13-10(2)29-16-14(13)15(19)20-12(21-16)9-28-17(23)11-5-7-22(8-6-11)30(3,25)26/h11H,4-9H2,1-3H3,(H2,19,20,21). The Hall–Kier alpha value is -2.73. The van der Waals surface area contributed by atoms with E-state index in [2.05, 4.69) is 9.97 Å². The fourth-order valence-corrected chi connectivity index (χ4v) is 4.25. The summed E-state index contributed by atoms with van der Waals surface area (Å²) in [5.74, 6) is -0.975. The van der Waals surface area contributed by atoms with E-state index < -0.39 is 27.9 Å². The van der Waals surface area contributed by atoms with Gasteiger partial charge in [-0.2, -0.15) is 4.98 Å². The Kier molecular flexibility index (Phi) is 6.27. The fourth-order valence-electron chi connectivity index (χ4n) is 3.37. The number of ether oxygens (including phenoxy) is 2. The highest BCUT2D eigenvalue weighted by Crippen LogP contribution is 2.29. The predicted molar refractivity (Wildman–Crippen MR) is 106 cm³/mol. The van der Waals surface area contributed by atoms with Crippen molar-refractivity contribution >= 4 is 38.9 Å². The highest BCUT2D eigenvalue weighted by Gasteiger charge is 2.30. The van der Waals surface area contributed by atoms with Crippen LogP contribution in [0.5, 0.6) is 0 Å². The molecule has 0 aromatic carbocycles. The van der Waals surface area contributed by atoms with E-state index >= 15 is 0 Å². The molecule has 0 radical (unpaired) electrons. The lowest BCUT2D eigenvalue weighted by Gasteiger charge is -2.28. The molecule has 0 spiro atoms. The zero-order valence-corrected chi connectivity index (χ0v) is 17.8. The molecule has 2 N–H and O–H groups in total. The number of aryl methyl sites for hydroxylation is 1. The van der Waals surface area contributed by atoms with E-state index in [1.54, 1.807) is 13.8 Å². The van der Waals surface area contributed by atoms with Crippen LogP contribution in [0.15, 0.2) is 4.42 Å². The summed E-state index contributed by atoms with van der Waals surface area (Å²) in [6.07, 6.45) is 1.91. The third-order valence-electron chi connectivity index (χ3n) is 4.88. The number of carbonyl (C=O) groups is 2. The Morgan fingerprint density at radius 1 is 1.23 bits per heavy atom. The number of rotatable bonds is 6. The number of anilines is 1. The van der Waals surface area contributed by atoms with Crippen LogP contribution in [-0.2, 0) is 30.9 Å². The van der Waals surface area contributed by atoms with E-state index in [4.69, 9.17) is 19.6 Å². The van der Waals surface area contributed by atoms with Gasteiger partial charge in [-0.05, 0) is 26.7 Å². The van der Waals surface area contributed by atoms with Gasteiger partial charge in [0, 0.05) is 13.1 Å². The maximum Gasteiger partial charge on any atom is 0.342 e. The summed E-state index contributed by atoms with van der Waals surface area (Å²) < 4.78 is 40.3. The van der Waals surface area contributed by atoms with Gasteiger partial charge in [0.05, 0.1) is 24.2 Å². The van der Waals surface area contributed by atoms with Gasteiger partial charge in [-0.1, -0.05) is 0 Å². The van der Waals surface area contributed by atoms with Gasteiger partial charge in [-0.3, -0.25) is 4.79 Å². The molecule has 3 rings (SSSR count). The van der Waals surface area contributed by atoms with Gasteiger partial charge in [-0.15, -0.1) is 0 Å². The van der Waals surface area contributed by atoms with E-state index in [1.165, 1.54) is 4.31 Å². The number of nitrogens with two attached hydrogens (primary N) is 1.